The number of nitrogens with zero attached hydrogens (tertiary/aromatic N) is 3. The molecule has 0 unspecified atom stereocenters. The predicted octanol–water partition coefficient (Wildman–Crippen LogP) is 1.22. The van der Waals surface area contributed by atoms with Crippen LogP contribution < -0.4 is 0 Å². The lowest BCUT2D eigenvalue weighted by Crippen LogP contribution is -2.79. The van der Waals surface area contributed by atoms with Gasteiger partial charge in [0.25, 0.3) is 0 Å². The molecule has 3 aliphatic rings. The zero-order valence-corrected chi connectivity index (χ0v) is 16.0. The SMILES string of the molecule is CC(C)C(=O)N1CC2(CN(CCc3ccccc3)C[C@H]3C[C@@H](O)CN32)C1. The van der Waals surface area contributed by atoms with Crippen molar-refractivity contribution in [2.75, 3.05) is 39.3 Å². The van der Waals surface area contributed by atoms with Gasteiger partial charge < -0.3 is 10.0 Å². The van der Waals surface area contributed by atoms with Gasteiger partial charge in [0, 0.05) is 51.2 Å². The lowest BCUT2D eigenvalue weighted by Gasteiger charge is -2.61. The number of carbonyl (C=O) groups excluding carboxylic acids is 1. The lowest BCUT2D eigenvalue weighted by atomic mass is 9.83. The summed E-state index contributed by atoms with van der Waals surface area (Å²) in [5.41, 5.74) is 1.42. The molecule has 5 heteroatoms. The molecule has 5 nitrogen and oxygen atoms in total. The Labute approximate surface area is 156 Å². The second kappa shape index (κ2) is 6.95. The van der Waals surface area contributed by atoms with Crippen LogP contribution in [0, 0.1) is 5.92 Å². The van der Waals surface area contributed by atoms with Crippen LogP contribution in [0.5, 0.6) is 0 Å². The monoisotopic (exact) mass is 357 g/mol. The van der Waals surface area contributed by atoms with E-state index in [0.717, 1.165) is 52.1 Å². The van der Waals surface area contributed by atoms with Gasteiger partial charge in [-0.15, -0.1) is 0 Å². The maximum Gasteiger partial charge on any atom is 0.225 e. The summed E-state index contributed by atoms with van der Waals surface area (Å²) < 4.78 is 0. The molecule has 142 valence electrons. The molecule has 0 aliphatic carbocycles. The van der Waals surface area contributed by atoms with Gasteiger partial charge >= 0.3 is 0 Å². The van der Waals surface area contributed by atoms with Crippen LogP contribution in [0.2, 0.25) is 0 Å². The Morgan fingerprint density at radius 3 is 2.62 bits per heavy atom. The predicted molar refractivity (Wildman–Crippen MR) is 102 cm³/mol. The van der Waals surface area contributed by atoms with E-state index in [4.69, 9.17) is 0 Å². The fourth-order valence-electron chi connectivity index (χ4n) is 5.08. The molecule has 2 atom stereocenters. The molecule has 1 N–H and O–H groups in total. The zero-order chi connectivity index (χ0) is 18.3. The van der Waals surface area contributed by atoms with Gasteiger partial charge in [-0.25, -0.2) is 0 Å². The van der Waals surface area contributed by atoms with E-state index in [1.807, 2.05) is 18.7 Å². The van der Waals surface area contributed by atoms with Gasteiger partial charge in [-0.1, -0.05) is 44.2 Å². The molecule has 3 saturated heterocycles. The fraction of sp³-hybridized carbons (Fsp3) is 0.667. The van der Waals surface area contributed by atoms with Gasteiger partial charge in [-0.2, -0.15) is 0 Å². The van der Waals surface area contributed by atoms with E-state index in [2.05, 4.69) is 40.1 Å². The van der Waals surface area contributed by atoms with Gasteiger partial charge in [0.1, 0.15) is 0 Å². The summed E-state index contributed by atoms with van der Waals surface area (Å²) in [6.45, 7) is 9.43. The quantitative estimate of drug-likeness (QED) is 0.880. The molecule has 0 radical (unpaired) electrons. The number of hydrogen-bond donors (Lipinski definition) is 1. The first-order chi connectivity index (χ1) is 12.5. The summed E-state index contributed by atoms with van der Waals surface area (Å²) in [4.78, 5) is 19.4. The van der Waals surface area contributed by atoms with E-state index in [-0.39, 0.29) is 23.5 Å². The standard InChI is InChI=1S/C21H31N3O2/c1-16(2)20(26)23-14-21(15-23)13-22(9-8-17-6-4-3-5-7-17)11-18-10-19(25)12-24(18)21/h3-7,16,18-19,25H,8-15H2,1-2H3/t18-,19-/m1/s1. The Bertz CT molecular complexity index is 642. The maximum absolute atomic E-state index is 12.3. The summed E-state index contributed by atoms with van der Waals surface area (Å²) in [6.07, 6.45) is 1.70. The minimum Gasteiger partial charge on any atom is -0.392 e. The maximum atomic E-state index is 12.3. The van der Waals surface area contributed by atoms with Crippen LogP contribution in [0.1, 0.15) is 25.8 Å². The van der Waals surface area contributed by atoms with Gasteiger partial charge in [-0.05, 0) is 18.4 Å². The minimum atomic E-state index is -0.221. The third-order valence-corrected chi connectivity index (χ3v) is 6.32. The Morgan fingerprint density at radius 1 is 1.19 bits per heavy atom. The molecule has 3 heterocycles. The van der Waals surface area contributed by atoms with Crippen LogP contribution >= 0.6 is 0 Å². The Balaban J connectivity index is 1.44. The van der Waals surface area contributed by atoms with Crippen molar-refractivity contribution in [2.24, 2.45) is 5.92 Å². The van der Waals surface area contributed by atoms with Crippen molar-refractivity contribution < 1.29 is 9.90 Å². The van der Waals surface area contributed by atoms with E-state index in [1.54, 1.807) is 0 Å². The number of likely N-dealkylation sites (tertiary alicyclic amines) is 1. The number of amides is 1. The second-order valence-corrected chi connectivity index (χ2v) is 8.74. The van der Waals surface area contributed by atoms with Crippen molar-refractivity contribution in [3.05, 3.63) is 35.9 Å². The molecule has 1 spiro atoms. The number of carbonyl (C=O) groups is 1. The topological polar surface area (TPSA) is 47.0 Å². The first-order valence-corrected chi connectivity index (χ1v) is 9.97. The molecular formula is C21H31N3O2. The van der Waals surface area contributed by atoms with Crippen LogP contribution in [-0.4, -0.2) is 82.7 Å². The summed E-state index contributed by atoms with van der Waals surface area (Å²) in [5.74, 6) is 0.318. The third-order valence-electron chi connectivity index (χ3n) is 6.32. The highest BCUT2D eigenvalue weighted by atomic mass is 16.3. The van der Waals surface area contributed by atoms with Crippen LogP contribution in [0.4, 0.5) is 0 Å². The van der Waals surface area contributed by atoms with Crippen LogP contribution in [0.3, 0.4) is 0 Å². The van der Waals surface area contributed by atoms with Crippen molar-refractivity contribution in [2.45, 2.75) is 44.4 Å². The molecule has 3 aliphatic heterocycles. The first kappa shape index (κ1) is 18.0. The number of fused-ring (bicyclic) bond motifs is 2. The number of benzene rings is 1. The van der Waals surface area contributed by atoms with Crippen molar-refractivity contribution in [1.82, 2.24) is 14.7 Å². The molecule has 1 aromatic rings. The second-order valence-electron chi connectivity index (χ2n) is 8.74. The van der Waals surface area contributed by atoms with E-state index in [9.17, 15) is 9.90 Å². The van der Waals surface area contributed by atoms with Crippen molar-refractivity contribution in [3.63, 3.8) is 0 Å². The highest BCUT2D eigenvalue weighted by molar-refractivity contribution is 5.79. The molecule has 1 aromatic carbocycles. The highest BCUT2D eigenvalue weighted by Gasteiger charge is 2.56. The molecule has 0 aromatic heterocycles. The fourth-order valence-corrected chi connectivity index (χ4v) is 5.08. The number of hydrogen-bond acceptors (Lipinski definition) is 4. The Kier molecular flexibility index (Phi) is 4.80. The Hall–Kier alpha value is -1.43. The Morgan fingerprint density at radius 2 is 1.92 bits per heavy atom. The largest absolute Gasteiger partial charge is 0.392 e. The first-order valence-electron chi connectivity index (χ1n) is 9.97. The lowest BCUT2D eigenvalue weighted by molar-refractivity contribution is -0.159. The van der Waals surface area contributed by atoms with E-state index in [1.165, 1.54) is 5.56 Å². The third kappa shape index (κ3) is 3.28. The van der Waals surface area contributed by atoms with Crippen molar-refractivity contribution >= 4 is 5.91 Å². The number of β-amino-alcohol motifs (C(OH)–C–C–N with tert-alkyl or cyclic N) is 1. The zero-order valence-electron chi connectivity index (χ0n) is 16.0. The average Bonchev–Trinajstić information content (AvgIpc) is 2.98. The van der Waals surface area contributed by atoms with Gasteiger partial charge in [0.2, 0.25) is 5.91 Å². The smallest absolute Gasteiger partial charge is 0.225 e. The van der Waals surface area contributed by atoms with E-state index >= 15 is 0 Å². The molecule has 4 rings (SSSR count). The highest BCUT2D eigenvalue weighted by Crippen LogP contribution is 2.39. The van der Waals surface area contributed by atoms with Crippen molar-refractivity contribution in [3.8, 4) is 0 Å². The summed E-state index contributed by atoms with van der Waals surface area (Å²) >= 11 is 0. The van der Waals surface area contributed by atoms with Crippen molar-refractivity contribution in [1.29, 1.82) is 0 Å². The van der Waals surface area contributed by atoms with Gasteiger partial charge in [-0.3, -0.25) is 14.6 Å². The number of aliphatic hydroxyl groups excluding tert-OH is 1. The normalized spacial score (nSPS) is 28.4. The molecule has 26 heavy (non-hydrogen) atoms. The number of rotatable bonds is 4. The number of piperazine rings is 1. The number of aliphatic hydroxyl groups is 1. The summed E-state index contributed by atoms with van der Waals surface area (Å²) in [6, 6.07) is 11.1. The van der Waals surface area contributed by atoms with E-state index < -0.39 is 0 Å². The van der Waals surface area contributed by atoms with Crippen LogP contribution in [0.15, 0.2) is 30.3 Å². The van der Waals surface area contributed by atoms with Gasteiger partial charge in [0.05, 0.1) is 11.6 Å². The van der Waals surface area contributed by atoms with Gasteiger partial charge in [0.15, 0.2) is 0 Å². The molecule has 0 bridgehead atoms. The average molecular weight is 357 g/mol. The molecule has 1 amide bonds. The molecule has 3 fully saturated rings. The minimum absolute atomic E-state index is 0.0433. The molecule has 0 saturated carbocycles. The van der Waals surface area contributed by atoms with E-state index in [0.29, 0.717) is 6.04 Å². The van der Waals surface area contributed by atoms with Crippen LogP contribution in [-0.2, 0) is 11.2 Å². The summed E-state index contributed by atoms with van der Waals surface area (Å²) in [7, 11) is 0. The molecular weight excluding hydrogens is 326 g/mol. The summed E-state index contributed by atoms with van der Waals surface area (Å²) in [5, 5.41) is 10.2. The van der Waals surface area contributed by atoms with Crippen LogP contribution in [0.25, 0.3) is 0 Å².